The minimum atomic E-state index is -0.271. The van der Waals surface area contributed by atoms with E-state index in [0.717, 1.165) is 0 Å². The molecule has 1 rings (SSSR count). The number of anilines is 1. The molecule has 0 amide bonds. The van der Waals surface area contributed by atoms with Crippen LogP contribution in [0.1, 0.15) is 11.7 Å². The standard InChI is InChI=1S/C7H12N4O/c1-5(9-2)7(12)11-6(8)3-4-10-11/h3-5,9H,8H2,1-2H3. The lowest BCUT2D eigenvalue weighted by Crippen LogP contribution is -2.35. The van der Waals surface area contributed by atoms with Gasteiger partial charge in [-0.15, -0.1) is 0 Å². The zero-order valence-corrected chi connectivity index (χ0v) is 7.11. The van der Waals surface area contributed by atoms with E-state index in [1.807, 2.05) is 0 Å². The average molecular weight is 168 g/mol. The van der Waals surface area contributed by atoms with Crippen LogP contribution in [0.15, 0.2) is 12.3 Å². The molecule has 0 saturated carbocycles. The fourth-order valence-electron chi connectivity index (χ4n) is 0.805. The van der Waals surface area contributed by atoms with Crippen molar-refractivity contribution in [2.75, 3.05) is 12.8 Å². The molecule has 0 fully saturated rings. The molecule has 0 spiro atoms. The molecular weight excluding hydrogens is 156 g/mol. The first kappa shape index (κ1) is 8.73. The lowest BCUT2D eigenvalue weighted by atomic mass is 10.3. The van der Waals surface area contributed by atoms with Crippen LogP contribution in [0.2, 0.25) is 0 Å². The van der Waals surface area contributed by atoms with Crippen molar-refractivity contribution in [3.05, 3.63) is 12.3 Å². The maximum Gasteiger partial charge on any atom is 0.265 e. The van der Waals surface area contributed by atoms with Crippen LogP contribution in [-0.2, 0) is 0 Å². The van der Waals surface area contributed by atoms with Gasteiger partial charge in [0.1, 0.15) is 5.82 Å². The predicted molar refractivity (Wildman–Crippen MR) is 45.8 cm³/mol. The van der Waals surface area contributed by atoms with Gasteiger partial charge in [-0.25, -0.2) is 0 Å². The van der Waals surface area contributed by atoms with Gasteiger partial charge in [0.05, 0.1) is 12.2 Å². The highest BCUT2D eigenvalue weighted by Crippen LogP contribution is 2.00. The largest absolute Gasteiger partial charge is 0.383 e. The number of carbonyl (C=O) groups is 1. The second-order valence-electron chi connectivity index (χ2n) is 2.52. The summed E-state index contributed by atoms with van der Waals surface area (Å²) in [4.78, 5) is 11.4. The summed E-state index contributed by atoms with van der Waals surface area (Å²) in [6.45, 7) is 1.75. The van der Waals surface area contributed by atoms with Crippen molar-refractivity contribution in [1.82, 2.24) is 15.1 Å². The highest BCUT2D eigenvalue weighted by atomic mass is 16.2. The summed E-state index contributed by atoms with van der Waals surface area (Å²) in [5, 5.41) is 6.60. The van der Waals surface area contributed by atoms with Gasteiger partial charge >= 0.3 is 0 Å². The van der Waals surface area contributed by atoms with Gasteiger partial charge in [-0.1, -0.05) is 0 Å². The van der Waals surface area contributed by atoms with Crippen molar-refractivity contribution in [3.8, 4) is 0 Å². The third kappa shape index (κ3) is 1.45. The molecule has 1 aromatic heterocycles. The van der Waals surface area contributed by atoms with Crippen molar-refractivity contribution in [3.63, 3.8) is 0 Å². The Morgan fingerprint density at radius 1 is 1.83 bits per heavy atom. The molecule has 66 valence electrons. The van der Waals surface area contributed by atoms with E-state index in [0.29, 0.717) is 5.82 Å². The normalized spacial score (nSPS) is 12.8. The van der Waals surface area contributed by atoms with Crippen LogP contribution >= 0.6 is 0 Å². The first-order valence-corrected chi connectivity index (χ1v) is 3.67. The minimum absolute atomic E-state index is 0.153. The molecule has 0 aromatic carbocycles. The molecule has 5 nitrogen and oxygen atoms in total. The molecule has 12 heavy (non-hydrogen) atoms. The Hall–Kier alpha value is -1.36. The van der Waals surface area contributed by atoms with Gasteiger partial charge in [-0.3, -0.25) is 4.79 Å². The number of nitrogen functional groups attached to an aromatic ring is 1. The molecule has 1 aromatic rings. The average Bonchev–Trinajstić information content (AvgIpc) is 2.48. The molecule has 0 aliphatic heterocycles. The molecular formula is C7H12N4O. The number of hydrogen-bond acceptors (Lipinski definition) is 4. The highest BCUT2D eigenvalue weighted by Gasteiger charge is 2.14. The van der Waals surface area contributed by atoms with E-state index in [-0.39, 0.29) is 11.9 Å². The first-order valence-electron chi connectivity index (χ1n) is 3.67. The van der Waals surface area contributed by atoms with Gasteiger partial charge in [0.25, 0.3) is 5.91 Å². The predicted octanol–water partition coefficient (Wildman–Crippen LogP) is -0.287. The summed E-state index contributed by atoms with van der Waals surface area (Å²) in [7, 11) is 1.71. The molecule has 0 saturated heterocycles. The molecule has 0 bridgehead atoms. The first-order chi connectivity index (χ1) is 5.66. The van der Waals surface area contributed by atoms with E-state index in [1.165, 1.54) is 10.9 Å². The number of nitrogens with two attached hydrogens (primary N) is 1. The van der Waals surface area contributed by atoms with Gasteiger partial charge in [-0.05, 0) is 14.0 Å². The van der Waals surface area contributed by atoms with Crippen molar-refractivity contribution in [1.29, 1.82) is 0 Å². The quantitative estimate of drug-likeness (QED) is 0.636. The summed E-state index contributed by atoms with van der Waals surface area (Å²) in [5.41, 5.74) is 5.49. The van der Waals surface area contributed by atoms with Gasteiger partial charge < -0.3 is 11.1 Å². The molecule has 1 unspecified atom stereocenters. The Kier molecular flexibility index (Phi) is 2.44. The number of carbonyl (C=O) groups excluding carboxylic acids is 1. The second-order valence-corrected chi connectivity index (χ2v) is 2.52. The lowest BCUT2D eigenvalue weighted by Gasteiger charge is -2.08. The van der Waals surface area contributed by atoms with Crippen molar-refractivity contribution in [2.24, 2.45) is 0 Å². The summed E-state index contributed by atoms with van der Waals surface area (Å²) in [5.74, 6) is 0.210. The summed E-state index contributed by atoms with van der Waals surface area (Å²) in [6.07, 6.45) is 1.50. The number of hydrogen-bond donors (Lipinski definition) is 2. The fraction of sp³-hybridized carbons (Fsp3) is 0.429. The number of aromatic nitrogens is 2. The zero-order chi connectivity index (χ0) is 9.14. The Morgan fingerprint density at radius 2 is 2.50 bits per heavy atom. The zero-order valence-electron chi connectivity index (χ0n) is 7.11. The fourth-order valence-corrected chi connectivity index (χ4v) is 0.805. The molecule has 3 N–H and O–H groups in total. The second kappa shape index (κ2) is 3.36. The van der Waals surface area contributed by atoms with Crippen LogP contribution in [0.25, 0.3) is 0 Å². The van der Waals surface area contributed by atoms with Gasteiger partial charge in [0.2, 0.25) is 0 Å². The van der Waals surface area contributed by atoms with E-state index >= 15 is 0 Å². The number of nitrogens with zero attached hydrogens (tertiary/aromatic N) is 2. The summed E-state index contributed by atoms with van der Waals surface area (Å²) >= 11 is 0. The number of rotatable bonds is 2. The van der Waals surface area contributed by atoms with Crippen molar-refractivity contribution in [2.45, 2.75) is 13.0 Å². The molecule has 5 heteroatoms. The maximum atomic E-state index is 11.4. The monoisotopic (exact) mass is 168 g/mol. The molecule has 0 radical (unpaired) electrons. The van der Waals surface area contributed by atoms with Gasteiger partial charge in [0, 0.05) is 6.07 Å². The highest BCUT2D eigenvalue weighted by molar-refractivity contribution is 5.85. The maximum absolute atomic E-state index is 11.4. The lowest BCUT2D eigenvalue weighted by molar-refractivity contribution is 0.0859. The van der Waals surface area contributed by atoms with Crippen molar-refractivity contribution < 1.29 is 4.79 Å². The molecule has 0 aliphatic rings. The third-order valence-corrected chi connectivity index (χ3v) is 1.68. The third-order valence-electron chi connectivity index (χ3n) is 1.68. The Bertz CT molecular complexity index is 281. The Labute approximate surface area is 70.5 Å². The van der Waals surface area contributed by atoms with E-state index in [9.17, 15) is 4.79 Å². The van der Waals surface area contributed by atoms with E-state index in [4.69, 9.17) is 5.73 Å². The van der Waals surface area contributed by atoms with E-state index in [1.54, 1.807) is 20.0 Å². The van der Waals surface area contributed by atoms with Crippen LogP contribution in [0.3, 0.4) is 0 Å². The minimum Gasteiger partial charge on any atom is -0.383 e. The van der Waals surface area contributed by atoms with Crippen LogP contribution in [0, 0.1) is 0 Å². The van der Waals surface area contributed by atoms with Crippen molar-refractivity contribution >= 4 is 11.7 Å². The van der Waals surface area contributed by atoms with Crippen LogP contribution in [0.5, 0.6) is 0 Å². The molecule has 0 aliphatic carbocycles. The van der Waals surface area contributed by atoms with E-state index in [2.05, 4.69) is 10.4 Å². The smallest absolute Gasteiger partial charge is 0.265 e. The SMILES string of the molecule is CNC(C)C(=O)n1nccc1N. The van der Waals surface area contributed by atoms with Crippen LogP contribution in [-0.4, -0.2) is 28.8 Å². The molecule has 1 atom stereocenters. The van der Waals surface area contributed by atoms with Crippen LogP contribution < -0.4 is 11.1 Å². The number of nitrogens with one attached hydrogen (secondary N) is 1. The van der Waals surface area contributed by atoms with Crippen LogP contribution in [0.4, 0.5) is 5.82 Å². The topological polar surface area (TPSA) is 72.9 Å². The molecule has 1 heterocycles. The van der Waals surface area contributed by atoms with E-state index < -0.39 is 0 Å². The Morgan fingerprint density at radius 3 is 2.92 bits per heavy atom. The number of likely N-dealkylation sites (N-methyl/N-ethyl adjacent to an activating group) is 1. The van der Waals surface area contributed by atoms with Gasteiger partial charge in [0.15, 0.2) is 0 Å². The Balaban J connectivity index is 2.85. The summed E-state index contributed by atoms with van der Waals surface area (Å²) in [6, 6.07) is 1.31. The van der Waals surface area contributed by atoms with Gasteiger partial charge in [-0.2, -0.15) is 9.78 Å². The summed E-state index contributed by atoms with van der Waals surface area (Å²) < 4.78 is 1.18.